The molecule has 0 bridgehead atoms. The summed E-state index contributed by atoms with van der Waals surface area (Å²) >= 11 is 0. The Bertz CT molecular complexity index is 601. The van der Waals surface area contributed by atoms with Crippen LogP contribution in [-0.4, -0.2) is 24.2 Å². The Hall–Kier alpha value is -1.36. The first-order chi connectivity index (χ1) is 8.22. The van der Waals surface area contributed by atoms with Gasteiger partial charge in [-0.05, 0) is 44.7 Å². The summed E-state index contributed by atoms with van der Waals surface area (Å²) in [5.41, 5.74) is 2.23. The van der Waals surface area contributed by atoms with Crippen LogP contribution in [0.1, 0.15) is 29.5 Å². The highest BCUT2D eigenvalue weighted by molar-refractivity contribution is 7.94. The lowest BCUT2D eigenvalue weighted by molar-refractivity contribution is -0.137. The molecule has 0 aliphatic heterocycles. The van der Waals surface area contributed by atoms with Crippen LogP contribution in [0.3, 0.4) is 0 Å². The fourth-order valence-electron chi connectivity index (χ4n) is 2.50. The van der Waals surface area contributed by atoms with Gasteiger partial charge in [0.15, 0.2) is 14.6 Å². The first-order valence-electron chi connectivity index (χ1n) is 5.78. The second-order valence-corrected chi connectivity index (χ2v) is 7.23. The number of hydrogen-bond donors (Lipinski definition) is 1. The highest BCUT2D eigenvalue weighted by Crippen LogP contribution is 2.48. The van der Waals surface area contributed by atoms with Crippen LogP contribution in [0.2, 0.25) is 0 Å². The van der Waals surface area contributed by atoms with Crippen LogP contribution in [0, 0.1) is 20.8 Å². The second kappa shape index (κ2) is 3.82. The minimum Gasteiger partial charge on any atom is -0.480 e. The molecule has 0 saturated heterocycles. The number of benzene rings is 1. The normalized spacial score (nSPS) is 17.5. The zero-order chi connectivity index (χ0) is 13.7. The van der Waals surface area contributed by atoms with Crippen molar-refractivity contribution in [1.29, 1.82) is 0 Å². The van der Waals surface area contributed by atoms with E-state index in [-0.39, 0.29) is 17.7 Å². The summed E-state index contributed by atoms with van der Waals surface area (Å²) in [6.07, 6.45) is 0.412. The molecule has 0 heterocycles. The number of carbonyl (C=O) groups is 1. The summed E-state index contributed by atoms with van der Waals surface area (Å²) in [4.78, 5) is 11.4. The van der Waals surface area contributed by atoms with Gasteiger partial charge in [-0.3, -0.25) is 4.79 Å². The highest BCUT2D eigenvalue weighted by Gasteiger charge is 2.62. The van der Waals surface area contributed by atoms with E-state index in [1.165, 1.54) is 0 Å². The maximum atomic E-state index is 12.5. The fraction of sp³-hybridized carbons (Fsp3) is 0.462. The molecule has 0 spiro atoms. The Morgan fingerprint density at radius 3 is 1.94 bits per heavy atom. The van der Waals surface area contributed by atoms with Gasteiger partial charge in [-0.2, -0.15) is 0 Å². The van der Waals surface area contributed by atoms with Crippen LogP contribution in [0.5, 0.6) is 0 Å². The van der Waals surface area contributed by atoms with Crippen LogP contribution in [0.4, 0.5) is 0 Å². The third-order valence-corrected chi connectivity index (χ3v) is 6.27. The van der Waals surface area contributed by atoms with Crippen molar-refractivity contribution in [3.63, 3.8) is 0 Å². The molecule has 0 aromatic heterocycles. The van der Waals surface area contributed by atoms with E-state index in [9.17, 15) is 13.2 Å². The van der Waals surface area contributed by atoms with Crippen molar-refractivity contribution in [2.75, 3.05) is 0 Å². The van der Waals surface area contributed by atoms with Crippen molar-refractivity contribution in [1.82, 2.24) is 0 Å². The standard InChI is InChI=1S/C13H16O4S/c1-8-6-9(2)11(10(3)7-8)18(16,17)13(4-5-13)12(14)15/h6-7H,4-5H2,1-3H3,(H,14,15). The molecule has 0 amide bonds. The van der Waals surface area contributed by atoms with Crippen LogP contribution < -0.4 is 0 Å². The third kappa shape index (κ3) is 1.65. The Morgan fingerprint density at radius 1 is 1.17 bits per heavy atom. The molecule has 98 valence electrons. The van der Waals surface area contributed by atoms with E-state index in [1.807, 2.05) is 6.92 Å². The molecule has 1 aromatic carbocycles. The molecule has 1 N–H and O–H groups in total. The lowest BCUT2D eigenvalue weighted by Gasteiger charge is -2.16. The van der Waals surface area contributed by atoms with Gasteiger partial charge in [0.05, 0.1) is 4.90 Å². The number of carboxylic acids is 1. The van der Waals surface area contributed by atoms with Gasteiger partial charge in [0, 0.05) is 0 Å². The second-order valence-electron chi connectivity index (χ2n) is 5.03. The Labute approximate surface area is 107 Å². The molecule has 1 saturated carbocycles. The van der Waals surface area contributed by atoms with Crippen LogP contribution in [-0.2, 0) is 14.6 Å². The number of rotatable bonds is 3. The molecule has 1 aliphatic carbocycles. The summed E-state index contributed by atoms with van der Waals surface area (Å²) in [5, 5.41) is 9.16. The number of aryl methyl sites for hydroxylation is 3. The molecule has 1 fully saturated rings. The Morgan fingerprint density at radius 2 is 1.61 bits per heavy atom. The zero-order valence-electron chi connectivity index (χ0n) is 10.6. The molecule has 0 unspecified atom stereocenters. The van der Waals surface area contributed by atoms with Gasteiger partial charge in [-0.1, -0.05) is 17.7 Å². The monoisotopic (exact) mass is 268 g/mol. The molecular formula is C13H16O4S. The van der Waals surface area contributed by atoms with Crippen molar-refractivity contribution >= 4 is 15.8 Å². The molecule has 1 aliphatic rings. The molecule has 18 heavy (non-hydrogen) atoms. The summed E-state index contributed by atoms with van der Waals surface area (Å²) in [6.45, 7) is 5.32. The minimum atomic E-state index is -3.80. The molecule has 1 aromatic rings. The molecule has 2 rings (SSSR count). The van der Waals surface area contributed by atoms with E-state index in [4.69, 9.17) is 5.11 Å². The van der Waals surface area contributed by atoms with Crippen molar-refractivity contribution in [2.24, 2.45) is 0 Å². The maximum absolute atomic E-state index is 12.5. The van der Waals surface area contributed by atoms with Crippen molar-refractivity contribution < 1.29 is 18.3 Å². The van der Waals surface area contributed by atoms with Gasteiger partial charge in [-0.15, -0.1) is 0 Å². The number of carboxylic acid groups (broad SMARTS) is 1. The van der Waals surface area contributed by atoms with E-state index in [0.717, 1.165) is 5.56 Å². The first-order valence-corrected chi connectivity index (χ1v) is 7.26. The smallest absolute Gasteiger partial charge is 0.325 e. The van der Waals surface area contributed by atoms with Crippen LogP contribution in [0.25, 0.3) is 0 Å². The zero-order valence-corrected chi connectivity index (χ0v) is 11.5. The topological polar surface area (TPSA) is 71.4 Å². The number of hydrogen-bond acceptors (Lipinski definition) is 3. The maximum Gasteiger partial charge on any atom is 0.325 e. The number of aliphatic carboxylic acids is 1. The van der Waals surface area contributed by atoms with Gasteiger partial charge < -0.3 is 5.11 Å². The summed E-state index contributed by atoms with van der Waals surface area (Å²) in [5.74, 6) is -1.23. The molecule has 4 nitrogen and oxygen atoms in total. The molecular weight excluding hydrogens is 252 g/mol. The first kappa shape index (κ1) is 13.1. The lowest BCUT2D eigenvalue weighted by atomic mass is 10.1. The van der Waals surface area contributed by atoms with E-state index < -0.39 is 20.6 Å². The van der Waals surface area contributed by atoms with E-state index >= 15 is 0 Å². The van der Waals surface area contributed by atoms with Crippen LogP contribution in [0.15, 0.2) is 17.0 Å². The minimum absolute atomic E-state index is 0.188. The average Bonchev–Trinajstić information content (AvgIpc) is 2.94. The summed E-state index contributed by atoms with van der Waals surface area (Å²) in [6, 6.07) is 3.55. The Balaban J connectivity index is 2.67. The van der Waals surface area contributed by atoms with Crippen molar-refractivity contribution in [2.45, 2.75) is 43.3 Å². The Kier molecular flexibility index (Phi) is 2.77. The lowest BCUT2D eigenvalue weighted by Crippen LogP contribution is -2.33. The summed E-state index contributed by atoms with van der Waals surface area (Å²) < 4.78 is 23.5. The largest absolute Gasteiger partial charge is 0.480 e. The average molecular weight is 268 g/mol. The highest BCUT2D eigenvalue weighted by atomic mass is 32.2. The SMILES string of the molecule is Cc1cc(C)c(S(=O)(=O)C2(C(=O)O)CC2)c(C)c1. The molecule has 0 radical (unpaired) electrons. The van der Waals surface area contributed by atoms with Gasteiger partial charge in [-0.25, -0.2) is 8.42 Å². The fourth-order valence-corrected chi connectivity index (χ4v) is 4.72. The molecule has 0 atom stereocenters. The van der Waals surface area contributed by atoms with E-state index in [2.05, 4.69) is 0 Å². The van der Waals surface area contributed by atoms with Crippen molar-refractivity contribution in [3.8, 4) is 0 Å². The van der Waals surface area contributed by atoms with Gasteiger partial charge in [0.2, 0.25) is 0 Å². The van der Waals surface area contributed by atoms with E-state index in [0.29, 0.717) is 11.1 Å². The summed E-state index contributed by atoms with van der Waals surface area (Å²) in [7, 11) is -3.80. The van der Waals surface area contributed by atoms with Crippen molar-refractivity contribution in [3.05, 3.63) is 28.8 Å². The third-order valence-electron chi connectivity index (χ3n) is 3.48. The molecule has 5 heteroatoms. The van der Waals surface area contributed by atoms with Gasteiger partial charge in [0.25, 0.3) is 0 Å². The van der Waals surface area contributed by atoms with E-state index in [1.54, 1.807) is 26.0 Å². The number of sulfone groups is 1. The van der Waals surface area contributed by atoms with Crippen LogP contribution >= 0.6 is 0 Å². The quantitative estimate of drug-likeness (QED) is 0.910. The predicted molar refractivity (Wildman–Crippen MR) is 67.4 cm³/mol. The van der Waals surface area contributed by atoms with Gasteiger partial charge in [0.1, 0.15) is 0 Å². The van der Waals surface area contributed by atoms with Gasteiger partial charge >= 0.3 is 5.97 Å². The predicted octanol–water partition coefficient (Wildman–Crippen LogP) is 2.00.